The van der Waals surface area contributed by atoms with Gasteiger partial charge < -0.3 is 14.3 Å². The van der Waals surface area contributed by atoms with E-state index in [1.165, 1.54) is 24.8 Å². The molecule has 2 aromatic rings. The number of nitrogens with zero attached hydrogens (tertiary/aromatic N) is 1. The summed E-state index contributed by atoms with van der Waals surface area (Å²) in [6, 6.07) is 6.71. The van der Waals surface area contributed by atoms with Crippen LogP contribution in [0.2, 0.25) is 0 Å². The number of aromatic amines is 1. The van der Waals surface area contributed by atoms with Crippen LogP contribution in [0.3, 0.4) is 0 Å². The van der Waals surface area contributed by atoms with E-state index in [1.807, 2.05) is 19.9 Å². The molecule has 1 aliphatic rings. The van der Waals surface area contributed by atoms with Gasteiger partial charge >= 0.3 is 0 Å². The third kappa shape index (κ3) is 3.00. The first-order valence-electron chi connectivity index (χ1n) is 8.00. The van der Waals surface area contributed by atoms with Crippen LogP contribution in [0.5, 0.6) is 5.75 Å². The van der Waals surface area contributed by atoms with Crippen LogP contribution in [-0.4, -0.2) is 15.7 Å². The molecule has 1 unspecified atom stereocenters. The largest absolute Gasteiger partial charge is 0.489 e. The van der Waals surface area contributed by atoms with E-state index in [0.29, 0.717) is 6.04 Å². The summed E-state index contributed by atoms with van der Waals surface area (Å²) < 4.78 is 9.03. The standard InChI is InChI=1S/C17H24N2OS/c1-4-13(10-12-8-9-12)19-14-6-5-7-15(20-11(2)3)16(14)18-17(19)21/h5-7,11-13H,4,8-10H2,1-3H3,(H,18,21). The highest BCUT2D eigenvalue weighted by molar-refractivity contribution is 7.71. The molecule has 3 nitrogen and oxygen atoms in total. The number of H-pyrrole nitrogens is 1. The summed E-state index contributed by atoms with van der Waals surface area (Å²) in [5.74, 6) is 1.80. The van der Waals surface area contributed by atoms with Crippen molar-refractivity contribution in [3.05, 3.63) is 23.0 Å². The number of para-hydroxylation sites is 1. The van der Waals surface area contributed by atoms with Crippen LogP contribution in [0.15, 0.2) is 18.2 Å². The summed E-state index contributed by atoms with van der Waals surface area (Å²) in [5.41, 5.74) is 2.20. The molecule has 1 atom stereocenters. The topological polar surface area (TPSA) is 29.9 Å². The van der Waals surface area contributed by atoms with E-state index in [9.17, 15) is 0 Å². The van der Waals surface area contributed by atoms with Gasteiger partial charge in [0.1, 0.15) is 11.3 Å². The molecule has 1 N–H and O–H groups in total. The van der Waals surface area contributed by atoms with Crippen LogP contribution in [0.4, 0.5) is 0 Å². The normalized spacial score (nSPS) is 16.6. The number of fused-ring (bicyclic) bond motifs is 1. The Bertz CT molecular complexity index is 682. The molecule has 114 valence electrons. The van der Waals surface area contributed by atoms with Gasteiger partial charge in [-0.3, -0.25) is 0 Å². The molecule has 0 amide bonds. The second-order valence-electron chi connectivity index (χ2n) is 6.36. The molecule has 3 rings (SSSR count). The van der Waals surface area contributed by atoms with Crippen molar-refractivity contribution >= 4 is 23.3 Å². The summed E-state index contributed by atoms with van der Waals surface area (Å²) in [7, 11) is 0. The highest BCUT2D eigenvalue weighted by atomic mass is 32.1. The number of nitrogens with one attached hydrogen (secondary N) is 1. The third-order valence-electron chi connectivity index (χ3n) is 4.22. The van der Waals surface area contributed by atoms with Gasteiger partial charge in [0.05, 0.1) is 11.6 Å². The summed E-state index contributed by atoms with van der Waals surface area (Å²) in [4.78, 5) is 3.36. The predicted octanol–water partition coefficient (Wildman–Crippen LogP) is 5.24. The molecule has 1 saturated carbocycles. The Hall–Kier alpha value is -1.29. The zero-order valence-corrected chi connectivity index (χ0v) is 13.9. The fourth-order valence-electron chi connectivity index (χ4n) is 3.03. The molecule has 0 aliphatic heterocycles. The van der Waals surface area contributed by atoms with E-state index in [-0.39, 0.29) is 6.10 Å². The summed E-state index contributed by atoms with van der Waals surface area (Å²) in [5, 5.41) is 0. The Morgan fingerprint density at radius 1 is 1.38 bits per heavy atom. The zero-order valence-electron chi connectivity index (χ0n) is 13.1. The Kier molecular flexibility index (Phi) is 4.07. The van der Waals surface area contributed by atoms with Crippen molar-refractivity contribution in [2.75, 3.05) is 0 Å². The lowest BCUT2D eigenvalue weighted by Gasteiger charge is -2.18. The van der Waals surface area contributed by atoms with E-state index in [2.05, 4.69) is 28.6 Å². The predicted molar refractivity (Wildman–Crippen MR) is 89.6 cm³/mol. The van der Waals surface area contributed by atoms with E-state index >= 15 is 0 Å². The minimum absolute atomic E-state index is 0.161. The van der Waals surface area contributed by atoms with Gasteiger partial charge in [0.15, 0.2) is 4.77 Å². The molecule has 1 aromatic heterocycles. The number of rotatable bonds is 6. The van der Waals surface area contributed by atoms with Crippen molar-refractivity contribution in [3.8, 4) is 5.75 Å². The van der Waals surface area contributed by atoms with E-state index in [4.69, 9.17) is 17.0 Å². The quantitative estimate of drug-likeness (QED) is 0.740. The number of hydrogen-bond donors (Lipinski definition) is 1. The smallest absolute Gasteiger partial charge is 0.178 e. The SMILES string of the molecule is CCC(CC1CC1)n1c(=S)[nH]c2c(OC(C)C)cccc21. The molecular weight excluding hydrogens is 280 g/mol. The maximum Gasteiger partial charge on any atom is 0.178 e. The Balaban J connectivity index is 2.05. The van der Waals surface area contributed by atoms with Gasteiger partial charge in [-0.05, 0) is 57.0 Å². The highest BCUT2D eigenvalue weighted by Crippen LogP contribution is 2.39. The lowest BCUT2D eigenvalue weighted by molar-refractivity contribution is 0.245. The monoisotopic (exact) mass is 304 g/mol. The lowest BCUT2D eigenvalue weighted by atomic mass is 10.1. The van der Waals surface area contributed by atoms with Gasteiger partial charge in [-0.25, -0.2) is 0 Å². The average molecular weight is 304 g/mol. The van der Waals surface area contributed by atoms with Gasteiger partial charge in [-0.2, -0.15) is 0 Å². The van der Waals surface area contributed by atoms with Crippen molar-refractivity contribution in [2.45, 2.75) is 58.6 Å². The fraction of sp³-hybridized carbons (Fsp3) is 0.588. The molecule has 0 saturated heterocycles. The molecule has 1 heterocycles. The fourth-order valence-corrected chi connectivity index (χ4v) is 3.38. The first-order chi connectivity index (χ1) is 10.1. The first-order valence-corrected chi connectivity index (χ1v) is 8.40. The molecular formula is C17H24N2OS. The van der Waals surface area contributed by atoms with E-state index < -0.39 is 0 Å². The Morgan fingerprint density at radius 2 is 2.14 bits per heavy atom. The molecule has 1 aliphatic carbocycles. The molecule has 0 spiro atoms. The van der Waals surface area contributed by atoms with Crippen LogP contribution in [0, 0.1) is 10.7 Å². The van der Waals surface area contributed by atoms with Crippen molar-refractivity contribution < 1.29 is 4.74 Å². The van der Waals surface area contributed by atoms with E-state index in [1.54, 1.807) is 0 Å². The van der Waals surface area contributed by atoms with E-state index in [0.717, 1.165) is 28.4 Å². The second-order valence-corrected chi connectivity index (χ2v) is 6.74. The average Bonchev–Trinajstić information content (AvgIpc) is 3.18. The van der Waals surface area contributed by atoms with Crippen molar-refractivity contribution in [1.82, 2.24) is 9.55 Å². The van der Waals surface area contributed by atoms with Gasteiger partial charge in [0.25, 0.3) is 0 Å². The summed E-state index contributed by atoms with van der Waals surface area (Å²) in [6.07, 6.45) is 5.29. The minimum atomic E-state index is 0.161. The number of hydrogen-bond acceptors (Lipinski definition) is 2. The third-order valence-corrected chi connectivity index (χ3v) is 4.51. The molecule has 21 heavy (non-hydrogen) atoms. The summed E-state index contributed by atoms with van der Waals surface area (Å²) in [6.45, 7) is 6.35. The van der Waals surface area contributed by atoms with Crippen LogP contribution >= 0.6 is 12.2 Å². The Labute approximate surface area is 131 Å². The maximum atomic E-state index is 5.91. The van der Waals surface area contributed by atoms with Crippen LogP contribution in [-0.2, 0) is 0 Å². The molecule has 1 aromatic carbocycles. The number of imidazole rings is 1. The van der Waals surface area contributed by atoms with Crippen LogP contribution in [0.1, 0.15) is 52.5 Å². The number of ether oxygens (including phenoxy) is 1. The second kappa shape index (κ2) is 5.84. The van der Waals surface area contributed by atoms with Gasteiger partial charge in [0, 0.05) is 6.04 Å². The molecule has 1 fully saturated rings. The van der Waals surface area contributed by atoms with Crippen LogP contribution < -0.4 is 4.74 Å². The van der Waals surface area contributed by atoms with Crippen molar-refractivity contribution in [1.29, 1.82) is 0 Å². The first kappa shape index (κ1) is 14.6. The lowest BCUT2D eigenvalue weighted by Crippen LogP contribution is -2.09. The summed E-state index contributed by atoms with van der Waals surface area (Å²) >= 11 is 5.59. The Morgan fingerprint density at radius 3 is 2.76 bits per heavy atom. The highest BCUT2D eigenvalue weighted by Gasteiger charge is 2.27. The maximum absolute atomic E-state index is 5.91. The molecule has 4 heteroatoms. The van der Waals surface area contributed by atoms with Gasteiger partial charge in [0.2, 0.25) is 0 Å². The number of benzene rings is 1. The minimum Gasteiger partial charge on any atom is -0.489 e. The molecule has 0 radical (unpaired) electrons. The van der Waals surface area contributed by atoms with Gasteiger partial charge in [-0.1, -0.05) is 25.8 Å². The van der Waals surface area contributed by atoms with Crippen molar-refractivity contribution in [3.63, 3.8) is 0 Å². The molecule has 0 bridgehead atoms. The van der Waals surface area contributed by atoms with Crippen LogP contribution in [0.25, 0.3) is 11.0 Å². The van der Waals surface area contributed by atoms with Crippen molar-refractivity contribution in [2.24, 2.45) is 5.92 Å². The van der Waals surface area contributed by atoms with Gasteiger partial charge in [-0.15, -0.1) is 0 Å². The number of aromatic nitrogens is 2. The zero-order chi connectivity index (χ0) is 15.0.